The first-order valence-electron chi connectivity index (χ1n) is 12.4. The molecular weight excluding hydrogens is 514 g/mol. The van der Waals surface area contributed by atoms with Gasteiger partial charge in [0.15, 0.2) is 0 Å². The van der Waals surface area contributed by atoms with E-state index in [0.717, 1.165) is 11.1 Å². The van der Waals surface area contributed by atoms with Crippen LogP contribution in [0.15, 0.2) is 60.7 Å². The number of hydrogen-bond acceptors (Lipinski definition) is 7. The Bertz CT molecular complexity index is 1110. The number of esters is 1. The SMILES string of the molecule is C.C.CC1(C(N)=O)CN(C(=O)OCc2ccccc2)C1.CCOC(=O)C1(C)CN(C(=O)OCc2ccccc2)C1. The highest BCUT2D eigenvalue weighted by molar-refractivity contribution is 5.84. The van der Waals surface area contributed by atoms with Crippen LogP contribution < -0.4 is 5.73 Å². The molecule has 0 saturated carbocycles. The maximum absolute atomic E-state index is 11.8. The minimum atomic E-state index is -0.605. The molecule has 2 aliphatic rings. The van der Waals surface area contributed by atoms with Crippen molar-refractivity contribution in [2.24, 2.45) is 16.6 Å². The van der Waals surface area contributed by atoms with Crippen LogP contribution in [0.1, 0.15) is 46.8 Å². The first-order valence-corrected chi connectivity index (χ1v) is 12.4. The molecule has 4 rings (SSSR count). The molecule has 0 spiro atoms. The van der Waals surface area contributed by atoms with Crippen LogP contribution in [-0.4, -0.2) is 66.6 Å². The molecule has 0 aromatic heterocycles. The van der Waals surface area contributed by atoms with Crippen molar-refractivity contribution in [3.05, 3.63) is 71.8 Å². The predicted octanol–water partition coefficient (Wildman–Crippen LogP) is 4.61. The fourth-order valence-electron chi connectivity index (χ4n) is 4.06. The van der Waals surface area contributed by atoms with Crippen LogP contribution in [0.2, 0.25) is 0 Å². The summed E-state index contributed by atoms with van der Waals surface area (Å²) in [6, 6.07) is 18.9. The first kappa shape index (κ1) is 33.9. The van der Waals surface area contributed by atoms with E-state index in [0.29, 0.717) is 32.8 Å². The molecule has 2 fully saturated rings. The Kier molecular flexibility index (Phi) is 12.6. The zero-order valence-corrected chi connectivity index (χ0v) is 22.1. The van der Waals surface area contributed by atoms with Gasteiger partial charge in [-0.15, -0.1) is 0 Å². The summed E-state index contributed by atoms with van der Waals surface area (Å²) in [6.07, 6.45) is -0.798. The van der Waals surface area contributed by atoms with E-state index in [4.69, 9.17) is 19.9 Å². The lowest BCUT2D eigenvalue weighted by Crippen LogP contribution is -2.62. The number of likely N-dealkylation sites (tertiary alicyclic amines) is 2. The number of benzene rings is 2. The summed E-state index contributed by atoms with van der Waals surface area (Å²) in [5.74, 6) is -0.637. The van der Waals surface area contributed by atoms with Gasteiger partial charge in [-0.05, 0) is 31.9 Å². The Morgan fingerprint density at radius 3 is 1.43 bits per heavy atom. The molecule has 40 heavy (non-hydrogen) atoms. The van der Waals surface area contributed by atoms with Gasteiger partial charge in [-0.2, -0.15) is 0 Å². The third kappa shape index (κ3) is 8.72. The van der Waals surface area contributed by atoms with Crippen LogP contribution in [0.5, 0.6) is 0 Å². The second-order valence-electron chi connectivity index (χ2n) is 10.00. The quantitative estimate of drug-likeness (QED) is 0.389. The Morgan fingerprint density at radius 1 is 0.700 bits per heavy atom. The first-order chi connectivity index (χ1) is 18.1. The minimum Gasteiger partial charge on any atom is -0.465 e. The number of carbonyl (C=O) groups excluding carboxylic acids is 4. The fourth-order valence-corrected chi connectivity index (χ4v) is 4.06. The van der Waals surface area contributed by atoms with Crippen molar-refractivity contribution in [1.29, 1.82) is 0 Å². The lowest BCUT2D eigenvalue weighted by Gasteiger charge is -2.44. The van der Waals surface area contributed by atoms with Crippen molar-refractivity contribution in [1.82, 2.24) is 9.80 Å². The lowest BCUT2D eigenvalue weighted by atomic mass is 9.82. The van der Waals surface area contributed by atoms with Gasteiger partial charge in [-0.3, -0.25) is 9.59 Å². The highest BCUT2D eigenvalue weighted by atomic mass is 16.6. The monoisotopic (exact) mass is 557 g/mol. The molecule has 2 aromatic carbocycles. The fraction of sp³-hybridized carbons (Fsp3) is 0.467. The Hall–Kier alpha value is -4.08. The second kappa shape index (κ2) is 14.9. The van der Waals surface area contributed by atoms with E-state index < -0.39 is 23.0 Å². The number of ether oxygens (including phenoxy) is 3. The van der Waals surface area contributed by atoms with E-state index in [1.165, 1.54) is 9.80 Å². The van der Waals surface area contributed by atoms with Crippen LogP contribution in [0.25, 0.3) is 0 Å². The third-order valence-corrected chi connectivity index (χ3v) is 6.45. The molecule has 0 aliphatic carbocycles. The summed E-state index contributed by atoms with van der Waals surface area (Å²) < 4.78 is 15.3. The van der Waals surface area contributed by atoms with Crippen LogP contribution in [-0.2, 0) is 37.0 Å². The molecule has 2 saturated heterocycles. The Labute approximate surface area is 237 Å². The number of nitrogens with zero attached hydrogens (tertiary/aromatic N) is 2. The standard InChI is InChI=1S/C15H19NO4.C13H16N2O3.2CH4/c1-3-19-13(17)15(2)10-16(11-15)14(18)20-9-12-7-5-4-6-8-12;1-13(11(14)16)8-15(9-13)12(17)18-7-10-5-3-2-4-6-10;;/h4-8H,3,9-11H2,1-2H3;2-6H,7-9H2,1H3,(H2,14,16);2*1H4. The molecule has 3 amide bonds. The third-order valence-electron chi connectivity index (χ3n) is 6.45. The molecule has 0 bridgehead atoms. The molecule has 2 aliphatic heterocycles. The molecule has 10 nitrogen and oxygen atoms in total. The van der Waals surface area contributed by atoms with Gasteiger partial charge in [0.25, 0.3) is 0 Å². The molecular formula is C30H43N3O7. The molecule has 0 radical (unpaired) electrons. The number of rotatable bonds is 7. The molecule has 2 heterocycles. The van der Waals surface area contributed by atoms with E-state index in [1.54, 1.807) is 20.8 Å². The molecule has 2 N–H and O–H groups in total. The zero-order valence-electron chi connectivity index (χ0n) is 22.1. The van der Waals surface area contributed by atoms with Crippen molar-refractivity contribution in [3.8, 4) is 0 Å². The smallest absolute Gasteiger partial charge is 0.410 e. The highest BCUT2D eigenvalue weighted by Crippen LogP contribution is 2.32. The second-order valence-corrected chi connectivity index (χ2v) is 10.00. The molecule has 220 valence electrons. The summed E-state index contributed by atoms with van der Waals surface area (Å²) >= 11 is 0. The van der Waals surface area contributed by atoms with Crippen molar-refractivity contribution in [2.75, 3.05) is 32.8 Å². The van der Waals surface area contributed by atoms with E-state index >= 15 is 0 Å². The summed E-state index contributed by atoms with van der Waals surface area (Å²) in [6.45, 7) is 7.50. The van der Waals surface area contributed by atoms with E-state index in [1.807, 2.05) is 60.7 Å². The van der Waals surface area contributed by atoms with Gasteiger partial charge in [0, 0.05) is 26.2 Å². The van der Waals surface area contributed by atoms with Crippen LogP contribution in [0.4, 0.5) is 9.59 Å². The van der Waals surface area contributed by atoms with Gasteiger partial charge in [0.05, 0.1) is 12.0 Å². The summed E-state index contributed by atoms with van der Waals surface area (Å²) in [5.41, 5.74) is 5.91. The Morgan fingerprint density at radius 2 is 1.07 bits per heavy atom. The molecule has 0 unspecified atom stereocenters. The number of nitrogens with two attached hydrogens (primary N) is 1. The number of hydrogen-bond donors (Lipinski definition) is 1. The number of amides is 3. The van der Waals surface area contributed by atoms with Crippen molar-refractivity contribution < 1.29 is 33.4 Å². The van der Waals surface area contributed by atoms with Crippen LogP contribution >= 0.6 is 0 Å². The van der Waals surface area contributed by atoms with Crippen molar-refractivity contribution >= 4 is 24.1 Å². The molecule has 2 aromatic rings. The molecule has 0 atom stereocenters. The Balaban J connectivity index is 0.000000383. The normalized spacial score (nSPS) is 15.7. The average molecular weight is 558 g/mol. The van der Waals surface area contributed by atoms with E-state index in [-0.39, 0.29) is 39.9 Å². The van der Waals surface area contributed by atoms with Gasteiger partial charge >= 0.3 is 18.2 Å². The topological polar surface area (TPSA) is 128 Å². The van der Waals surface area contributed by atoms with Crippen molar-refractivity contribution in [2.45, 2.75) is 48.8 Å². The van der Waals surface area contributed by atoms with Crippen molar-refractivity contribution in [3.63, 3.8) is 0 Å². The average Bonchev–Trinajstić information content (AvgIpc) is 2.88. The van der Waals surface area contributed by atoms with Gasteiger partial charge in [-0.25, -0.2) is 9.59 Å². The zero-order chi connectivity index (χ0) is 27.8. The van der Waals surface area contributed by atoms with Gasteiger partial charge in [-0.1, -0.05) is 75.5 Å². The van der Waals surface area contributed by atoms with Crippen LogP contribution in [0, 0.1) is 10.8 Å². The number of primary amides is 1. The summed E-state index contributed by atoms with van der Waals surface area (Å²) in [4.78, 5) is 49.3. The van der Waals surface area contributed by atoms with E-state index in [2.05, 4.69) is 0 Å². The van der Waals surface area contributed by atoms with Gasteiger partial charge in [0.2, 0.25) is 5.91 Å². The van der Waals surface area contributed by atoms with Gasteiger partial charge < -0.3 is 29.7 Å². The maximum atomic E-state index is 11.8. The highest BCUT2D eigenvalue weighted by Gasteiger charge is 2.49. The lowest BCUT2D eigenvalue weighted by molar-refractivity contribution is -0.163. The summed E-state index contributed by atoms with van der Waals surface area (Å²) in [5, 5.41) is 0. The number of carbonyl (C=O) groups is 4. The maximum Gasteiger partial charge on any atom is 0.410 e. The molecule has 10 heteroatoms. The van der Waals surface area contributed by atoms with Crippen LogP contribution in [0.3, 0.4) is 0 Å². The van der Waals surface area contributed by atoms with E-state index in [9.17, 15) is 19.2 Å². The predicted molar refractivity (Wildman–Crippen MR) is 152 cm³/mol. The summed E-state index contributed by atoms with van der Waals surface area (Å²) in [7, 11) is 0. The largest absolute Gasteiger partial charge is 0.465 e. The minimum absolute atomic E-state index is 0. The van der Waals surface area contributed by atoms with Gasteiger partial charge in [0.1, 0.15) is 18.6 Å².